The van der Waals surface area contributed by atoms with Crippen LogP contribution in [0.15, 0.2) is 16.8 Å². The van der Waals surface area contributed by atoms with E-state index in [1.54, 1.807) is 0 Å². The SMILES string of the molecule is O=C(NC1CCN(CC2CCCS2(=O)=O)CC1)c1ccsc1. The van der Waals surface area contributed by atoms with E-state index in [4.69, 9.17) is 0 Å². The van der Waals surface area contributed by atoms with Gasteiger partial charge in [-0.25, -0.2) is 8.42 Å². The lowest BCUT2D eigenvalue weighted by Gasteiger charge is -2.33. The Balaban J connectivity index is 1.45. The predicted octanol–water partition coefficient (Wildman–Crippen LogP) is 1.52. The van der Waals surface area contributed by atoms with Crippen molar-refractivity contribution in [1.29, 1.82) is 0 Å². The van der Waals surface area contributed by atoms with E-state index < -0.39 is 9.84 Å². The van der Waals surface area contributed by atoms with Gasteiger partial charge in [0.1, 0.15) is 0 Å². The first-order valence-corrected chi connectivity index (χ1v) is 10.5. The number of hydrogen-bond acceptors (Lipinski definition) is 5. The molecule has 0 radical (unpaired) electrons. The van der Waals surface area contributed by atoms with Gasteiger partial charge in [0.05, 0.1) is 11.0 Å². The molecule has 1 N–H and O–H groups in total. The molecule has 22 heavy (non-hydrogen) atoms. The van der Waals surface area contributed by atoms with E-state index in [-0.39, 0.29) is 17.2 Å². The minimum atomic E-state index is -2.86. The van der Waals surface area contributed by atoms with Gasteiger partial charge in [-0.15, -0.1) is 0 Å². The second-order valence-electron chi connectivity index (χ2n) is 6.19. The topological polar surface area (TPSA) is 66.5 Å². The lowest BCUT2D eigenvalue weighted by Crippen LogP contribution is -2.46. The van der Waals surface area contributed by atoms with Crippen molar-refractivity contribution in [2.75, 3.05) is 25.4 Å². The number of rotatable bonds is 4. The molecule has 0 aliphatic carbocycles. The third kappa shape index (κ3) is 3.70. The number of carbonyl (C=O) groups is 1. The summed E-state index contributed by atoms with van der Waals surface area (Å²) >= 11 is 1.52. The second kappa shape index (κ2) is 6.68. The van der Waals surface area contributed by atoms with E-state index in [9.17, 15) is 13.2 Å². The summed E-state index contributed by atoms with van der Waals surface area (Å²) in [4.78, 5) is 14.3. The van der Waals surface area contributed by atoms with E-state index in [0.29, 0.717) is 12.3 Å². The summed E-state index contributed by atoms with van der Waals surface area (Å²) in [6.45, 7) is 2.38. The monoisotopic (exact) mass is 342 g/mol. The first-order chi connectivity index (χ1) is 10.5. The smallest absolute Gasteiger partial charge is 0.252 e. The highest BCUT2D eigenvalue weighted by atomic mass is 32.2. The normalized spacial score (nSPS) is 26.1. The summed E-state index contributed by atoms with van der Waals surface area (Å²) in [5, 5.41) is 6.66. The van der Waals surface area contributed by atoms with E-state index in [2.05, 4.69) is 10.2 Å². The van der Waals surface area contributed by atoms with E-state index >= 15 is 0 Å². The summed E-state index contributed by atoms with van der Waals surface area (Å²) in [7, 11) is -2.86. The van der Waals surface area contributed by atoms with Crippen molar-refractivity contribution in [1.82, 2.24) is 10.2 Å². The molecule has 1 atom stereocenters. The highest BCUT2D eigenvalue weighted by molar-refractivity contribution is 7.92. The van der Waals surface area contributed by atoms with Crippen LogP contribution in [-0.4, -0.2) is 55.9 Å². The molecule has 2 saturated heterocycles. The molecule has 3 heterocycles. The molecule has 3 rings (SSSR count). The average Bonchev–Trinajstić information content (AvgIpc) is 3.12. The molecule has 2 aliphatic rings. The van der Waals surface area contributed by atoms with Crippen LogP contribution in [0.25, 0.3) is 0 Å². The van der Waals surface area contributed by atoms with Crippen molar-refractivity contribution in [3.8, 4) is 0 Å². The fourth-order valence-electron chi connectivity index (χ4n) is 3.27. The summed E-state index contributed by atoms with van der Waals surface area (Å²) in [5.74, 6) is 0.350. The van der Waals surface area contributed by atoms with Crippen LogP contribution in [0.2, 0.25) is 0 Å². The minimum absolute atomic E-state index is 0.00179. The number of thiophene rings is 1. The van der Waals surface area contributed by atoms with Crippen LogP contribution in [0, 0.1) is 0 Å². The Kier molecular flexibility index (Phi) is 4.84. The lowest BCUT2D eigenvalue weighted by atomic mass is 10.0. The van der Waals surface area contributed by atoms with E-state index in [1.807, 2.05) is 16.8 Å². The van der Waals surface area contributed by atoms with Gasteiger partial charge in [0, 0.05) is 36.6 Å². The molecule has 0 saturated carbocycles. The Hall–Kier alpha value is -0.920. The number of carbonyl (C=O) groups excluding carboxylic acids is 1. The van der Waals surface area contributed by atoms with Crippen LogP contribution >= 0.6 is 11.3 Å². The van der Waals surface area contributed by atoms with Crippen LogP contribution in [0.5, 0.6) is 0 Å². The maximum absolute atomic E-state index is 12.0. The predicted molar refractivity (Wildman–Crippen MR) is 88.1 cm³/mol. The number of amides is 1. The number of likely N-dealkylation sites (tertiary alicyclic amines) is 1. The van der Waals surface area contributed by atoms with Gasteiger partial charge in [-0.1, -0.05) is 0 Å². The molecule has 1 unspecified atom stereocenters. The Morgan fingerprint density at radius 1 is 1.32 bits per heavy atom. The molecule has 0 aromatic carbocycles. The average molecular weight is 342 g/mol. The van der Waals surface area contributed by atoms with Gasteiger partial charge in [0.2, 0.25) is 0 Å². The standard InChI is InChI=1S/C15H22N2O3S2/c18-15(12-5-8-21-11-12)16-13-3-6-17(7-4-13)10-14-2-1-9-22(14,19)20/h5,8,11,13-14H,1-4,6-7,9-10H2,(H,16,18). The van der Waals surface area contributed by atoms with Crippen molar-refractivity contribution in [2.45, 2.75) is 37.0 Å². The summed E-state index contributed by atoms with van der Waals surface area (Å²) < 4.78 is 23.8. The maximum Gasteiger partial charge on any atom is 0.252 e. The molecule has 5 nitrogen and oxygen atoms in total. The van der Waals surface area contributed by atoms with Crippen LogP contribution < -0.4 is 5.32 Å². The Labute approximate surface area is 135 Å². The van der Waals surface area contributed by atoms with Crippen LogP contribution in [0.1, 0.15) is 36.0 Å². The van der Waals surface area contributed by atoms with Gasteiger partial charge in [0.25, 0.3) is 5.91 Å². The van der Waals surface area contributed by atoms with Gasteiger partial charge < -0.3 is 10.2 Å². The Morgan fingerprint density at radius 2 is 2.09 bits per heavy atom. The molecule has 1 amide bonds. The summed E-state index contributed by atoms with van der Waals surface area (Å²) in [5.41, 5.74) is 0.726. The maximum atomic E-state index is 12.0. The Bertz CT molecular complexity index is 605. The lowest BCUT2D eigenvalue weighted by molar-refractivity contribution is 0.0911. The first-order valence-electron chi connectivity index (χ1n) is 7.81. The van der Waals surface area contributed by atoms with Gasteiger partial charge >= 0.3 is 0 Å². The molecule has 7 heteroatoms. The van der Waals surface area contributed by atoms with Crippen LogP contribution in [-0.2, 0) is 9.84 Å². The number of sulfone groups is 1. The molecular formula is C15H22N2O3S2. The minimum Gasteiger partial charge on any atom is -0.349 e. The highest BCUT2D eigenvalue weighted by Crippen LogP contribution is 2.22. The fourth-order valence-corrected chi connectivity index (χ4v) is 5.78. The quantitative estimate of drug-likeness (QED) is 0.901. The molecule has 1 aromatic rings. The molecule has 0 spiro atoms. The van der Waals surface area contributed by atoms with E-state index in [1.165, 1.54) is 11.3 Å². The molecule has 1 aromatic heterocycles. The molecule has 2 aliphatic heterocycles. The van der Waals surface area contributed by atoms with Crippen molar-refractivity contribution < 1.29 is 13.2 Å². The van der Waals surface area contributed by atoms with Gasteiger partial charge in [-0.2, -0.15) is 11.3 Å². The highest BCUT2D eigenvalue weighted by Gasteiger charge is 2.33. The zero-order valence-corrected chi connectivity index (χ0v) is 14.2. The molecule has 0 bridgehead atoms. The first kappa shape index (κ1) is 16.0. The van der Waals surface area contributed by atoms with Gasteiger partial charge in [0.15, 0.2) is 9.84 Å². The van der Waals surface area contributed by atoms with Crippen molar-refractivity contribution in [3.05, 3.63) is 22.4 Å². The molecule has 122 valence electrons. The number of hydrogen-bond donors (Lipinski definition) is 1. The zero-order chi connectivity index (χ0) is 15.6. The van der Waals surface area contributed by atoms with Crippen molar-refractivity contribution >= 4 is 27.1 Å². The Morgan fingerprint density at radius 3 is 2.68 bits per heavy atom. The molecular weight excluding hydrogens is 320 g/mol. The molecule has 2 fully saturated rings. The number of nitrogens with one attached hydrogen (secondary N) is 1. The fraction of sp³-hybridized carbons (Fsp3) is 0.667. The third-order valence-corrected chi connectivity index (χ3v) is 7.57. The van der Waals surface area contributed by atoms with Crippen molar-refractivity contribution in [2.24, 2.45) is 0 Å². The van der Waals surface area contributed by atoms with Crippen LogP contribution in [0.3, 0.4) is 0 Å². The van der Waals surface area contributed by atoms with Crippen molar-refractivity contribution in [3.63, 3.8) is 0 Å². The zero-order valence-electron chi connectivity index (χ0n) is 12.5. The number of piperidine rings is 1. The number of nitrogens with zero attached hydrogens (tertiary/aromatic N) is 1. The van der Waals surface area contributed by atoms with Gasteiger partial charge in [-0.05, 0) is 37.1 Å². The van der Waals surface area contributed by atoms with Gasteiger partial charge in [-0.3, -0.25) is 4.79 Å². The summed E-state index contributed by atoms with van der Waals surface area (Å²) in [6.07, 6.45) is 3.39. The second-order valence-corrected chi connectivity index (χ2v) is 9.37. The largest absolute Gasteiger partial charge is 0.349 e. The third-order valence-electron chi connectivity index (χ3n) is 4.63. The summed E-state index contributed by atoms with van der Waals surface area (Å²) in [6, 6.07) is 2.03. The van der Waals surface area contributed by atoms with Crippen LogP contribution in [0.4, 0.5) is 0 Å². The van der Waals surface area contributed by atoms with E-state index in [0.717, 1.165) is 44.3 Å².